The fourth-order valence-electron chi connectivity index (χ4n) is 2.24. The van der Waals surface area contributed by atoms with E-state index in [2.05, 4.69) is 6.92 Å². The van der Waals surface area contributed by atoms with Crippen LogP contribution in [0.1, 0.15) is 51.2 Å². The van der Waals surface area contributed by atoms with Gasteiger partial charge in [-0.15, -0.1) is 0 Å². The van der Waals surface area contributed by atoms with Crippen molar-refractivity contribution in [2.45, 2.75) is 64.5 Å². The Morgan fingerprint density at radius 1 is 1.29 bits per heavy atom. The van der Waals surface area contributed by atoms with Crippen molar-refractivity contribution >= 4 is 10.0 Å². The first-order chi connectivity index (χ1) is 9.88. The molecule has 0 heterocycles. The van der Waals surface area contributed by atoms with Gasteiger partial charge in [-0.3, -0.25) is 0 Å². The summed E-state index contributed by atoms with van der Waals surface area (Å²) in [4.78, 5) is 0.311. The molecule has 1 atom stereocenters. The molecule has 0 amide bonds. The van der Waals surface area contributed by atoms with Crippen molar-refractivity contribution in [3.05, 3.63) is 29.3 Å². The fourth-order valence-corrected chi connectivity index (χ4v) is 4.26. The van der Waals surface area contributed by atoms with E-state index in [4.69, 9.17) is 0 Å². The summed E-state index contributed by atoms with van der Waals surface area (Å²) in [5.41, 5.74) is 1.34. The third-order valence-corrected chi connectivity index (χ3v) is 5.99. The van der Waals surface area contributed by atoms with Crippen LogP contribution in [0.3, 0.4) is 0 Å². The molecule has 0 aliphatic carbocycles. The SMILES string of the molecule is CCCCN(C(C)CC)S(=O)(=O)c1cc(CO)ccc1C. The van der Waals surface area contributed by atoms with Crippen LogP contribution < -0.4 is 0 Å². The van der Waals surface area contributed by atoms with Gasteiger partial charge in [-0.25, -0.2) is 8.42 Å². The summed E-state index contributed by atoms with van der Waals surface area (Å²) in [5.74, 6) is 0. The highest BCUT2D eigenvalue weighted by atomic mass is 32.2. The van der Waals surface area contributed by atoms with E-state index in [0.29, 0.717) is 17.0 Å². The summed E-state index contributed by atoms with van der Waals surface area (Å²) < 4.78 is 27.5. The van der Waals surface area contributed by atoms with Crippen LogP contribution in [-0.4, -0.2) is 30.4 Å². The van der Waals surface area contributed by atoms with Gasteiger partial charge in [0, 0.05) is 12.6 Å². The Morgan fingerprint density at radius 3 is 2.48 bits per heavy atom. The second-order valence-electron chi connectivity index (χ2n) is 5.48. The second kappa shape index (κ2) is 7.92. The Bertz CT molecular complexity index is 555. The molecule has 0 fully saturated rings. The molecule has 0 radical (unpaired) electrons. The van der Waals surface area contributed by atoms with E-state index in [1.54, 1.807) is 29.4 Å². The minimum atomic E-state index is -3.53. The van der Waals surface area contributed by atoms with E-state index < -0.39 is 10.0 Å². The molecule has 1 aromatic rings. The summed E-state index contributed by atoms with van der Waals surface area (Å²) in [6, 6.07) is 5.08. The molecule has 0 spiro atoms. The van der Waals surface area contributed by atoms with E-state index in [0.717, 1.165) is 24.8 Å². The number of unbranched alkanes of at least 4 members (excludes halogenated alkanes) is 1. The number of hydrogen-bond donors (Lipinski definition) is 1. The first-order valence-electron chi connectivity index (χ1n) is 7.60. The topological polar surface area (TPSA) is 57.6 Å². The van der Waals surface area contributed by atoms with Gasteiger partial charge in [-0.05, 0) is 43.9 Å². The molecule has 0 aliphatic heterocycles. The van der Waals surface area contributed by atoms with Gasteiger partial charge in [-0.2, -0.15) is 4.31 Å². The number of aryl methyl sites for hydroxylation is 1. The zero-order chi connectivity index (χ0) is 16.0. The highest BCUT2D eigenvalue weighted by Crippen LogP contribution is 2.24. The molecule has 120 valence electrons. The van der Waals surface area contributed by atoms with Gasteiger partial charge >= 0.3 is 0 Å². The van der Waals surface area contributed by atoms with Gasteiger partial charge in [0.05, 0.1) is 11.5 Å². The first-order valence-corrected chi connectivity index (χ1v) is 9.04. The monoisotopic (exact) mass is 313 g/mol. The molecule has 5 heteroatoms. The van der Waals surface area contributed by atoms with Crippen molar-refractivity contribution in [1.82, 2.24) is 4.31 Å². The molecule has 1 N–H and O–H groups in total. The number of rotatable bonds is 8. The van der Waals surface area contributed by atoms with Gasteiger partial charge in [0.1, 0.15) is 0 Å². The summed E-state index contributed by atoms with van der Waals surface area (Å²) in [5, 5.41) is 9.25. The smallest absolute Gasteiger partial charge is 0.243 e. The summed E-state index contributed by atoms with van der Waals surface area (Å²) in [6.07, 6.45) is 2.59. The number of nitrogens with zero attached hydrogens (tertiary/aromatic N) is 1. The third kappa shape index (κ3) is 4.28. The van der Waals surface area contributed by atoms with Crippen molar-refractivity contribution in [1.29, 1.82) is 0 Å². The maximum Gasteiger partial charge on any atom is 0.243 e. The lowest BCUT2D eigenvalue weighted by molar-refractivity contribution is 0.281. The van der Waals surface area contributed by atoms with Gasteiger partial charge in [0.25, 0.3) is 0 Å². The third-order valence-electron chi connectivity index (χ3n) is 3.84. The summed E-state index contributed by atoms with van der Waals surface area (Å²) in [7, 11) is -3.53. The van der Waals surface area contributed by atoms with Crippen LogP contribution >= 0.6 is 0 Å². The number of benzene rings is 1. The molecular weight excluding hydrogens is 286 g/mol. The standard InChI is InChI=1S/C16H27NO3S/c1-5-7-10-17(14(4)6-2)21(19,20)16-11-15(12-18)9-8-13(16)3/h8-9,11,14,18H,5-7,10,12H2,1-4H3. The zero-order valence-electron chi connectivity index (χ0n) is 13.5. The van der Waals surface area contributed by atoms with Crippen LogP contribution in [0.5, 0.6) is 0 Å². The van der Waals surface area contributed by atoms with E-state index in [1.807, 2.05) is 13.8 Å². The minimum absolute atomic E-state index is 0.0290. The molecule has 1 unspecified atom stereocenters. The van der Waals surface area contributed by atoms with Crippen molar-refractivity contribution in [3.63, 3.8) is 0 Å². The number of aliphatic hydroxyl groups is 1. The molecule has 0 saturated heterocycles. The van der Waals surface area contributed by atoms with Crippen LogP contribution in [0.2, 0.25) is 0 Å². The molecule has 0 saturated carbocycles. The van der Waals surface area contributed by atoms with Crippen LogP contribution in [0.15, 0.2) is 23.1 Å². The molecule has 1 rings (SSSR count). The summed E-state index contributed by atoms with van der Waals surface area (Å²) in [6.45, 7) is 8.17. The normalized spacial score (nSPS) is 13.6. The highest BCUT2D eigenvalue weighted by Gasteiger charge is 2.29. The van der Waals surface area contributed by atoms with Crippen LogP contribution in [0, 0.1) is 6.92 Å². The van der Waals surface area contributed by atoms with Crippen molar-refractivity contribution in [3.8, 4) is 0 Å². The molecule has 1 aromatic carbocycles. The van der Waals surface area contributed by atoms with Crippen LogP contribution in [0.4, 0.5) is 0 Å². The summed E-state index contributed by atoms with van der Waals surface area (Å²) >= 11 is 0. The molecular formula is C16H27NO3S. The molecule has 21 heavy (non-hydrogen) atoms. The molecule has 0 aliphatic rings. The fraction of sp³-hybridized carbons (Fsp3) is 0.625. The number of aliphatic hydroxyl groups excluding tert-OH is 1. The lowest BCUT2D eigenvalue weighted by atomic mass is 10.2. The average molecular weight is 313 g/mol. The van der Waals surface area contributed by atoms with Crippen LogP contribution in [0.25, 0.3) is 0 Å². The number of sulfonamides is 1. The quantitative estimate of drug-likeness (QED) is 0.802. The molecule has 4 nitrogen and oxygen atoms in total. The zero-order valence-corrected chi connectivity index (χ0v) is 14.3. The Balaban J connectivity index is 3.27. The van der Waals surface area contributed by atoms with E-state index in [9.17, 15) is 13.5 Å². The maximum atomic E-state index is 13.0. The van der Waals surface area contributed by atoms with Crippen molar-refractivity contribution in [2.24, 2.45) is 0 Å². The predicted molar refractivity (Wildman–Crippen MR) is 85.7 cm³/mol. The van der Waals surface area contributed by atoms with Crippen molar-refractivity contribution in [2.75, 3.05) is 6.54 Å². The lowest BCUT2D eigenvalue weighted by Crippen LogP contribution is -2.39. The first kappa shape index (κ1) is 18.1. The van der Waals surface area contributed by atoms with Crippen molar-refractivity contribution < 1.29 is 13.5 Å². The van der Waals surface area contributed by atoms with Gasteiger partial charge in [0.15, 0.2) is 0 Å². The number of hydrogen-bond acceptors (Lipinski definition) is 3. The van der Waals surface area contributed by atoms with Gasteiger partial charge in [0.2, 0.25) is 10.0 Å². The predicted octanol–water partition coefficient (Wildman–Crippen LogP) is 3.08. The highest BCUT2D eigenvalue weighted by molar-refractivity contribution is 7.89. The van der Waals surface area contributed by atoms with E-state index >= 15 is 0 Å². The van der Waals surface area contributed by atoms with Crippen LogP contribution in [-0.2, 0) is 16.6 Å². The Kier molecular flexibility index (Phi) is 6.84. The van der Waals surface area contributed by atoms with Gasteiger partial charge in [-0.1, -0.05) is 32.4 Å². The van der Waals surface area contributed by atoms with E-state index in [-0.39, 0.29) is 12.6 Å². The maximum absolute atomic E-state index is 13.0. The Labute approximate surface area is 128 Å². The van der Waals surface area contributed by atoms with E-state index in [1.165, 1.54) is 0 Å². The molecule has 0 bridgehead atoms. The Hall–Kier alpha value is -0.910. The van der Waals surface area contributed by atoms with Gasteiger partial charge < -0.3 is 5.11 Å². The lowest BCUT2D eigenvalue weighted by Gasteiger charge is -2.28. The molecule has 0 aromatic heterocycles. The largest absolute Gasteiger partial charge is 0.392 e. The average Bonchev–Trinajstić information content (AvgIpc) is 2.47. The minimum Gasteiger partial charge on any atom is -0.392 e. The second-order valence-corrected chi connectivity index (χ2v) is 7.34. The Morgan fingerprint density at radius 2 is 1.95 bits per heavy atom.